The molecule has 8 nitrogen and oxygen atoms in total. The van der Waals surface area contributed by atoms with E-state index in [4.69, 9.17) is 9.29 Å². The van der Waals surface area contributed by atoms with Crippen LogP contribution in [0.4, 0.5) is 17.6 Å². The summed E-state index contributed by atoms with van der Waals surface area (Å²) in [6.45, 7) is -1.56. The van der Waals surface area contributed by atoms with Crippen molar-refractivity contribution in [3.63, 3.8) is 0 Å². The number of carbonyl (C=O) groups is 3. The van der Waals surface area contributed by atoms with Crippen LogP contribution in [0.15, 0.2) is 0 Å². The molecule has 4 unspecified atom stereocenters. The first-order valence-corrected chi connectivity index (χ1v) is 8.36. The van der Waals surface area contributed by atoms with Crippen LogP contribution in [0, 0.1) is 11.8 Å². The van der Waals surface area contributed by atoms with Gasteiger partial charge in [-0.2, -0.15) is 21.6 Å². The van der Waals surface area contributed by atoms with Gasteiger partial charge in [-0.1, -0.05) is 0 Å². The van der Waals surface area contributed by atoms with Gasteiger partial charge >= 0.3 is 33.2 Å². The zero-order chi connectivity index (χ0) is 19.2. The second kappa shape index (κ2) is 6.20. The lowest BCUT2D eigenvalue weighted by atomic mass is 9.96. The number of ketones is 1. The molecule has 2 saturated carbocycles. The molecule has 1 N–H and O–H groups in total. The third-order valence-corrected chi connectivity index (χ3v) is 5.26. The minimum absolute atomic E-state index is 0.245. The van der Waals surface area contributed by atoms with Crippen LogP contribution < -0.4 is 0 Å². The molecule has 25 heavy (non-hydrogen) atoms. The molecular weight excluding hydrogens is 380 g/mol. The van der Waals surface area contributed by atoms with Crippen LogP contribution in [-0.2, 0) is 34.0 Å². The molecule has 2 aliphatic carbocycles. The summed E-state index contributed by atoms with van der Waals surface area (Å²) in [6, 6.07) is 0. The summed E-state index contributed by atoms with van der Waals surface area (Å²) in [5, 5.41) is -5.75. The molecule has 2 fully saturated rings. The zero-order valence-electron chi connectivity index (χ0n) is 12.3. The summed E-state index contributed by atoms with van der Waals surface area (Å²) < 4.78 is 89.0. The van der Waals surface area contributed by atoms with Crippen molar-refractivity contribution in [3.8, 4) is 0 Å². The maximum absolute atomic E-state index is 13.6. The molecule has 0 radical (unpaired) electrons. The normalized spacial score (nSPS) is 28.5. The molecule has 2 rings (SSSR count). The van der Waals surface area contributed by atoms with Crippen molar-refractivity contribution >= 4 is 27.8 Å². The minimum atomic E-state index is -6.58. The topological polar surface area (TPSA) is 124 Å². The van der Waals surface area contributed by atoms with Gasteiger partial charge in [0.1, 0.15) is 0 Å². The molecule has 0 aromatic carbocycles. The van der Waals surface area contributed by atoms with E-state index >= 15 is 0 Å². The van der Waals surface area contributed by atoms with Gasteiger partial charge in [-0.05, 0) is 19.3 Å². The fourth-order valence-corrected chi connectivity index (χ4v) is 3.49. The highest BCUT2D eigenvalue weighted by molar-refractivity contribution is 7.88. The van der Waals surface area contributed by atoms with Gasteiger partial charge in [-0.25, -0.2) is 14.0 Å². The summed E-state index contributed by atoms with van der Waals surface area (Å²) in [5.41, 5.74) is 0. The average Bonchev–Trinajstić information content (AvgIpc) is 3.05. The monoisotopic (exact) mass is 392 g/mol. The maximum atomic E-state index is 13.6. The summed E-state index contributed by atoms with van der Waals surface area (Å²) in [6.07, 6.45) is -5.72. The standard InChI is InChI=1S/C12H12F4O8S/c13-11(12(14,15)16,25(20,21)22)10(19)23-4-7(17)24-9-6-2-1-5(3-6)8(9)18/h5-6,9H,1-4H2,(H,20,21,22). The lowest BCUT2D eigenvalue weighted by Crippen LogP contribution is -2.55. The molecule has 2 aliphatic rings. The van der Waals surface area contributed by atoms with Crippen LogP contribution in [0.5, 0.6) is 0 Å². The first-order chi connectivity index (χ1) is 11.3. The Morgan fingerprint density at radius 1 is 1.20 bits per heavy atom. The van der Waals surface area contributed by atoms with Crippen molar-refractivity contribution in [2.75, 3.05) is 6.61 Å². The molecule has 0 aromatic rings. The number of hydrogen-bond acceptors (Lipinski definition) is 7. The van der Waals surface area contributed by atoms with Crippen LogP contribution in [0.3, 0.4) is 0 Å². The summed E-state index contributed by atoms with van der Waals surface area (Å²) >= 11 is 0. The molecule has 0 aromatic heterocycles. The zero-order valence-corrected chi connectivity index (χ0v) is 13.1. The third kappa shape index (κ3) is 3.34. The quantitative estimate of drug-likeness (QED) is 0.409. The van der Waals surface area contributed by atoms with Crippen molar-refractivity contribution in [3.05, 3.63) is 0 Å². The fourth-order valence-electron chi connectivity index (χ4n) is 2.93. The molecule has 0 spiro atoms. The number of alkyl halides is 4. The van der Waals surface area contributed by atoms with Gasteiger partial charge in [0.05, 0.1) is 0 Å². The highest BCUT2D eigenvalue weighted by atomic mass is 32.2. The Hall–Kier alpha value is -1.76. The molecule has 0 aliphatic heterocycles. The van der Waals surface area contributed by atoms with Gasteiger partial charge in [0.2, 0.25) is 0 Å². The Bertz CT molecular complexity index is 702. The van der Waals surface area contributed by atoms with Crippen LogP contribution in [0.2, 0.25) is 0 Å². The number of carbonyl (C=O) groups excluding carboxylic acids is 3. The first-order valence-electron chi connectivity index (χ1n) is 6.92. The molecule has 2 bridgehead atoms. The Morgan fingerprint density at radius 2 is 1.80 bits per heavy atom. The van der Waals surface area contributed by atoms with Crippen molar-refractivity contribution in [2.45, 2.75) is 36.5 Å². The summed E-state index contributed by atoms with van der Waals surface area (Å²) in [4.78, 5) is 34.4. The Kier molecular flexibility index (Phi) is 4.85. The molecule has 4 atom stereocenters. The van der Waals surface area contributed by atoms with Crippen molar-refractivity contribution in [1.82, 2.24) is 0 Å². The molecule has 0 heterocycles. The number of fused-ring (bicyclic) bond motifs is 2. The van der Waals surface area contributed by atoms with Crippen molar-refractivity contribution in [1.29, 1.82) is 0 Å². The Morgan fingerprint density at radius 3 is 2.24 bits per heavy atom. The fraction of sp³-hybridized carbons (Fsp3) is 0.750. The van der Waals surface area contributed by atoms with Gasteiger partial charge < -0.3 is 9.47 Å². The van der Waals surface area contributed by atoms with Crippen LogP contribution in [0.1, 0.15) is 19.3 Å². The van der Waals surface area contributed by atoms with Crippen LogP contribution >= 0.6 is 0 Å². The predicted octanol–water partition coefficient (Wildman–Crippen LogP) is 0.556. The van der Waals surface area contributed by atoms with E-state index in [2.05, 4.69) is 4.74 Å². The lowest BCUT2D eigenvalue weighted by molar-refractivity contribution is -0.216. The van der Waals surface area contributed by atoms with E-state index in [0.29, 0.717) is 19.3 Å². The molecule has 0 saturated heterocycles. The van der Waals surface area contributed by atoms with E-state index < -0.39 is 45.9 Å². The summed E-state index contributed by atoms with van der Waals surface area (Å²) in [5.74, 6) is -5.36. The minimum Gasteiger partial charge on any atom is -0.452 e. The van der Waals surface area contributed by atoms with Gasteiger partial charge in [-0.3, -0.25) is 9.35 Å². The number of rotatable bonds is 5. The molecule has 0 amide bonds. The highest BCUT2D eigenvalue weighted by Gasteiger charge is 2.72. The molecular formula is C12H12F4O8S. The highest BCUT2D eigenvalue weighted by Crippen LogP contribution is 2.43. The van der Waals surface area contributed by atoms with Gasteiger partial charge in [0, 0.05) is 11.8 Å². The third-order valence-electron chi connectivity index (χ3n) is 4.15. The Balaban J connectivity index is 1.99. The lowest BCUT2D eigenvalue weighted by Gasteiger charge is -2.23. The van der Waals surface area contributed by atoms with E-state index in [-0.39, 0.29) is 17.6 Å². The van der Waals surface area contributed by atoms with Crippen molar-refractivity contribution in [2.24, 2.45) is 11.8 Å². The number of esters is 2. The maximum Gasteiger partial charge on any atom is 0.451 e. The number of Topliss-reactive ketones (excluding diaryl/α,β-unsaturated/α-hetero) is 1. The van der Waals surface area contributed by atoms with Crippen LogP contribution in [-0.4, -0.2) is 54.6 Å². The number of ether oxygens (including phenoxy) is 2. The SMILES string of the molecule is O=C(COC(=O)C(F)(C(F)(F)F)S(=O)(=O)O)OC1C(=O)C2CCC1C2. The van der Waals surface area contributed by atoms with Gasteiger partial charge in [-0.15, -0.1) is 0 Å². The van der Waals surface area contributed by atoms with Gasteiger partial charge in [0.15, 0.2) is 18.5 Å². The van der Waals surface area contributed by atoms with Crippen LogP contribution in [0.25, 0.3) is 0 Å². The second-order valence-electron chi connectivity index (χ2n) is 5.73. The van der Waals surface area contributed by atoms with E-state index in [1.54, 1.807) is 0 Å². The first kappa shape index (κ1) is 19.6. The van der Waals surface area contributed by atoms with Gasteiger partial charge in [0.25, 0.3) is 0 Å². The largest absolute Gasteiger partial charge is 0.452 e. The predicted molar refractivity (Wildman–Crippen MR) is 68.1 cm³/mol. The van der Waals surface area contributed by atoms with Crippen molar-refractivity contribution < 1.29 is 54.4 Å². The summed E-state index contributed by atoms with van der Waals surface area (Å²) in [7, 11) is -6.58. The smallest absolute Gasteiger partial charge is 0.451 e. The van der Waals surface area contributed by atoms with E-state index in [1.807, 2.05) is 0 Å². The average molecular weight is 392 g/mol. The van der Waals surface area contributed by atoms with E-state index in [1.165, 1.54) is 0 Å². The van der Waals surface area contributed by atoms with E-state index in [9.17, 15) is 40.4 Å². The number of halogens is 4. The Labute approximate surface area is 138 Å². The second-order valence-corrected chi connectivity index (χ2v) is 7.24. The molecule has 13 heteroatoms. The number of hydrogen-bond donors (Lipinski definition) is 1. The van der Waals surface area contributed by atoms with E-state index in [0.717, 1.165) is 0 Å². The molecule has 142 valence electrons.